The van der Waals surface area contributed by atoms with Gasteiger partial charge in [-0.3, -0.25) is 14.5 Å². The summed E-state index contributed by atoms with van der Waals surface area (Å²) >= 11 is 1.62. The molecule has 11 nitrogen and oxygen atoms in total. The van der Waals surface area contributed by atoms with E-state index in [1.165, 1.54) is 0 Å². The first-order valence-electron chi connectivity index (χ1n) is 15.7. The van der Waals surface area contributed by atoms with Gasteiger partial charge in [-0.1, -0.05) is 50.2 Å². The van der Waals surface area contributed by atoms with Gasteiger partial charge in [-0.25, -0.2) is 9.48 Å². The van der Waals surface area contributed by atoms with Crippen LogP contribution in [0.1, 0.15) is 56.6 Å². The summed E-state index contributed by atoms with van der Waals surface area (Å²) < 4.78 is 8.84. The summed E-state index contributed by atoms with van der Waals surface area (Å²) in [4.78, 5) is 29.2. The van der Waals surface area contributed by atoms with Gasteiger partial charge in [0, 0.05) is 59.3 Å². The van der Waals surface area contributed by atoms with Gasteiger partial charge in [0.1, 0.15) is 18.2 Å². The van der Waals surface area contributed by atoms with Crippen molar-refractivity contribution in [1.29, 1.82) is 0 Å². The Balaban J connectivity index is 1.10. The van der Waals surface area contributed by atoms with E-state index in [4.69, 9.17) is 9.84 Å². The maximum absolute atomic E-state index is 13.1. The van der Waals surface area contributed by atoms with Gasteiger partial charge in [-0.15, -0.1) is 10.2 Å². The van der Waals surface area contributed by atoms with Crippen molar-refractivity contribution in [2.45, 2.75) is 61.7 Å². The van der Waals surface area contributed by atoms with Crippen molar-refractivity contribution in [3.8, 4) is 5.69 Å². The maximum Gasteiger partial charge on any atom is 0.324 e. The lowest BCUT2D eigenvalue weighted by Gasteiger charge is -2.31. The fraction of sp³-hybridized carbons (Fsp3) is 0.343. The number of aromatic nitrogens is 5. The lowest BCUT2D eigenvalue weighted by molar-refractivity contribution is -0.136. The standard InChI is InChI=1S/C35H40N8O3S/c1-23-6-10-26(11-7-23)43-31(20-29(40-43)35(2,3)4)37-34(45)36-25-8-12-27(13-9-25)47-28-14-15-30-38-39-33(42(30)21-28)24-16-18-41(19-17-24)32(44)22-46-5/h6-15,20-21,24H,16-19,22H2,1-5H3,(H2,36,37,45). The van der Waals surface area contributed by atoms with Gasteiger partial charge in [0.2, 0.25) is 5.91 Å². The van der Waals surface area contributed by atoms with Crippen molar-refractivity contribution >= 4 is 40.9 Å². The second-order valence-corrected chi connectivity index (χ2v) is 14.0. The summed E-state index contributed by atoms with van der Waals surface area (Å²) in [5.41, 5.74) is 4.20. The fourth-order valence-corrected chi connectivity index (χ4v) is 6.41. The molecule has 2 aromatic carbocycles. The number of benzene rings is 2. The number of pyridine rings is 1. The smallest absolute Gasteiger partial charge is 0.324 e. The van der Waals surface area contributed by atoms with E-state index < -0.39 is 0 Å². The molecule has 4 heterocycles. The molecule has 6 rings (SSSR count). The number of aryl methyl sites for hydroxylation is 1. The Kier molecular flexibility index (Phi) is 9.33. The van der Waals surface area contributed by atoms with Crippen LogP contribution in [0.3, 0.4) is 0 Å². The van der Waals surface area contributed by atoms with Crippen molar-refractivity contribution in [2.75, 3.05) is 37.4 Å². The van der Waals surface area contributed by atoms with Crippen LogP contribution in [0, 0.1) is 6.92 Å². The van der Waals surface area contributed by atoms with Crippen molar-refractivity contribution in [1.82, 2.24) is 29.3 Å². The number of rotatable bonds is 8. The summed E-state index contributed by atoms with van der Waals surface area (Å²) in [7, 11) is 1.54. The average molecular weight is 653 g/mol. The predicted octanol–water partition coefficient (Wildman–Crippen LogP) is 6.67. The highest BCUT2D eigenvalue weighted by Crippen LogP contribution is 2.32. The normalized spacial score (nSPS) is 14.0. The van der Waals surface area contributed by atoms with Gasteiger partial charge in [0.05, 0.1) is 11.4 Å². The molecule has 1 aliphatic heterocycles. The highest BCUT2D eigenvalue weighted by atomic mass is 32.2. The minimum Gasteiger partial charge on any atom is -0.375 e. The second-order valence-electron chi connectivity index (χ2n) is 12.9. The first kappa shape index (κ1) is 32.3. The van der Waals surface area contributed by atoms with Crippen molar-refractivity contribution in [3.05, 3.63) is 90.0 Å². The molecular weight excluding hydrogens is 613 g/mol. The van der Waals surface area contributed by atoms with E-state index in [1.54, 1.807) is 23.6 Å². The summed E-state index contributed by atoms with van der Waals surface area (Å²) in [5, 5.41) is 19.6. The quantitative estimate of drug-likeness (QED) is 0.192. The number of ether oxygens (including phenoxy) is 1. The summed E-state index contributed by atoms with van der Waals surface area (Å²) in [6.07, 6.45) is 3.74. The molecule has 0 spiro atoms. The molecule has 0 bridgehead atoms. The molecule has 47 heavy (non-hydrogen) atoms. The zero-order valence-electron chi connectivity index (χ0n) is 27.4. The highest BCUT2D eigenvalue weighted by molar-refractivity contribution is 7.99. The molecule has 3 aromatic heterocycles. The van der Waals surface area contributed by atoms with E-state index in [0.717, 1.165) is 51.0 Å². The number of nitrogens with one attached hydrogen (secondary N) is 2. The molecule has 0 unspecified atom stereocenters. The van der Waals surface area contributed by atoms with E-state index in [-0.39, 0.29) is 29.9 Å². The molecule has 3 amide bonds. The van der Waals surface area contributed by atoms with Gasteiger partial charge < -0.3 is 15.0 Å². The van der Waals surface area contributed by atoms with E-state index >= 15 is 0 Å². The number of methoxy groups -OCH3 is 1. The summed E-state index contributed by atoms with van der Waals surface area (Å²) in [5.74, 6) is 1.77. The number of carbonyl (C=O) groups is 2. The number of piperidine rings is 1. The van der Waals surface area contributed by atoms with E-state index in [9.17, 15) is 9.59 Å². The lowest BCUT2D eigenvalue weighted by atomic mass is 9.92. The molecule has 0 radical (unpaired) electrons. The van der Waals surface area contributed by atoms with Crippen molar-refractivity contribution in [3.63, 3.8) is 0 Å². The third-order valence-corrected chi connectivity index (χ3v) is 9.21. The number of fused-ring (bicyclic) bond motifs is 1. The molecule has 0 saturated carbocycles. The van der Waals surface area contributed by atoms with Gasteiger partial charge in [-0.2, -0.15) is 5.10 Å². The van der Waals surface area contributed by atoms with Crippen LogP contribution in [-0.4, -0.2) is 68.0 Å². The molecule has 1 aliphatic rings. The Hall–Kier alpha value is -4.68. The van der Waals surface area contributed by atoms with Crippen molar-refractivity contribution in [2.24, 2.45) is 0 Å². The van der Waals surface area contributed by atoms with Crippen LogP contribution in [0.2, 0.25) is 0 Å². The molecule has 0 atom stereocenters. The van der Waals surface area contributed by atoms with Crippen LogP contribution >= 0.6 is 11.8 Å². The molecule has 1 fully saturated rings. The van der Waals surface area contributed by atoms with Crippen LogP contribution in [0.5, 0.6) is 0 Å². The number of carbonyl (C=O) groups excluding carboxylic acids is 2. The molecule has 5 aromatic rings. The topological polar surface area (TPSA) is 119 Å². The van der Waals surface area contributed by atoms with Gasteiger partial charge in [-0.05, 0) is 68.3 Å². The van der Waals surface area contributed by atoms with E-state index in [2.05, 4.69) is 52.2 Å². The molecular formula is C35H40N8O3S. The zero-order chi connectivity index (χ0) is 33.1. The fourth-order valence-electron chi connectivity index (χ4n) is 5.57. The molecule has 244 valence electrons. The Labute approximate surface area is 278 Å². The van der Waals surface area contributed by atoms with Gasteiger partial charge in [0.15, 0.2) is 5.65 Å². The number of urea groups is 1. The minimum absolute atomic E-state index is 0.0258. The first-order valence-corrected chi connectivity index (χ1v) is 16.5. The number of amides is 3. The first-order chi connectivity index (χ1) is 22.6. The Morgan fingerprint density at radius 1 is 0.936 bits per heavy atom. The molecule has 2 N–H and O–H groups in total. The lowest BCUT2D eigenvalue weighted by Crippen LogP contribution is -2.40. The van der Waals surface area contributed by atoms with Crippen LogP contribution in [0.25, 0.3) is 11.3 Å². The summed E-state index contributed by atoms with van der Waals surface area (Å²) in [6.45, 7) is 9.81. The van der Waals surface area contributed by atoms with Crippen molar-refractivity contribution < 1.29 is 14.3 Å². The van der Waals surface area contributed by atoms with Gasteiger partial charge >= 0.3 is 6.03 Å². The van der Waals surface area contributed by atoms with Crippen LogP contribution in [-0.2, 0) is 14.9 Å². The van der Waals surface area contributed by atoms with E-state index in [1.807, 2.05) is 78.6 Å². The Bertz CT molecular complexity index is 1870. The van der Waals surface area contributed by atoms with Crippen LogP contribution in [0.4, 0.5) is 16.3 Å². The number of nitrogens with zero attached hydrogens (tertiary/aromatic N) is 6. The maximum atomic E-state index is 13.1. The van der Waals surface area contributed by atoms with Gasteiger partial charge in [0.25, 0.3) is 0 Å². The Morgan fingerprint density at radius 3 is 2.32 bits per heavy atom. The highest BCUT2D eigenvalue weighted by Gasteiger charge is 2.27. The third-order valence-electron chi connectivity index (χ3n) is 8.23. The number of anilines is 2. The zero-order valence-corrected chi connectivity index (χ0v) is 28.2. The van der Waals surface area contributed by atoms with Crippen LogP contribution < -0.4 is 10.6 Å². The van der Waals surface area contributed by atoms with Crippen LogP contribution in [0.15, 0.2) is 82.7 Å². The number of hydrogen-bond donors (Lipinski definition) is 2. The monoisotopic (exact) mass is 652 g/mol. The molecule has 0 aliphatic carbocycles. The average Bonchev–Trinajstić information content (AvgIpc) is 3.67. The predicted molar refractivity (Wildman–Crippen MR) is 184 cm³/mol. The second kappa shape index (κ2) is 13.6. The third kappa shape index (κ3) is 7.50. The molecule has 1 saturated heterocycles. The number of likely N-dealkylation sites (tertiary alicyclic amines) is 1. The number of hydrogen-bond acceptors (Lipinski definition) is 7. The summed E-state index contributed by atoms with van der Waals surface area (Å²) in [6, 6.07) is 21.4. The van der Waals surface area contributed by atoms with E-state index in [0.29, 0.717) is 24.6 Å². The SMILES string of the molecule is COCC(=O)N1CCC(c2nnc3ccc(Sc4ccc(NC(=O)Nc5cc(C(C)(C)C)nn5-c5ccc(C)cc5)cc4)cn23)CC1. The minimum atomic E-state index is -0.349. The Morgan fingerprint density at radius 2 is 1.64 bits per heavy atom. The molecule has 12 heteroatoms. The largest absolute Gasteiger partial charge is 0.375 e.